The van der Waals surface area contributed by atoms with Crippen LogP contribution in [-0.4, -0.2) is 47.3 Å². The van der Waals surface area contributed by atoms with Gasteiger partial charge in [-0.15, -0.1) is 0 Å². The number of nitrogens with one attached hydrogen (secondary N) is 1. The van der Waals surface area contributed by atoms with Crippen molar-refractivity contribution < 1.29 is 27.5 Å². The molecule has 4 heterocycles. The largest absolute Gasteiger partial charge is 0.416 e. The Balaban J connectivity index is 1.53. The van der Waals surface area contributed by atoms with Gasteiger partial charge in [-0.3, -0.25) is 14.9 Å². The lowest BCUT2D eigenvalue weighted by atomic mass is 9.95. The highest BCUT2D eigenvalue weighted by Gasteiger charge is 2.36. The van der Waals surface area contributed by atoms with Gasteiger partial charge in [0, 0.05) is 72.7 Å². The first kappa shape index (κ1) is 23.4. The van der Waals surface area contributed by atoms with E-state index in [2.05, 4.69) is 16.3 Å². The number of imide groups is 1. The van der Waals surface area contributed by atoms with Crippen molar-refractivity contribution in [2.75, 3.05) is 31.2 Å². The van der Waals surface area contributed by atoms with E-state index in [4.69, 9.17) is 4.74 Å². The maximum atomic E-state index is 13.3. The summed E-state index contributed by atoms with van der Waals surface area (Å²) in [7, 11) is 3.49. The van der Waals surface area contributed by atoms with Crippen molar-refractivity contribution in [3.05, 3.63) is 65.5 Å². The summed E-state index contributed by atoms with van der Waals surface area (Å²) in [6.07, 6.45) is -1.08. The number of alkyl halides is 3. The highest BCUT2D eigenvalue weighted by molar-refractivity contribution is 6.50. The van der Waals surface area contributed by atoms with Crippen LogP contribution in [-0.2, 0) is 34.6 Å². The third kappa shape index (κ3) is 3.71. The number of hydrogen-bond acceptors (Lipinski definition) is 4. The van der Waals surface area contributed by atoms with E-state index in [0.717, 1.165) is 41.8 Å². The fourth-order valence-electron chi connectivity index (χ4n) is 5.32. The van der Waals surface area contributed by atoms with Crippen LogP contribution in [0.15, 0.2) is 48.8 Å². The standard InChI is InChI=1S/C27H23F3N4O3/c1-32-13-19(17-5-3-15(11-21(17)32)27(28,29)30)23-24(26(36)31-25(23)35)20-14-33(2)22-12-16(4-6-18(20)22)34-7-9-37-10-8-34/h3-6,11-14H,7-10H2,1-2H3,(H,31,35,36). The van der Waals surface area contributed by atoms with Crippen LogP contribution in [0.5, 0.6) is 0 Å². The Bertz CT molecular complexity index is 1640. The van der Waals surface area contributed by atoms with Crippen LogP contribution >= 0.6 is 0 Å². The smallest absolute Gasteiger partial charge is 0.378 e. The van der Waals surface area contributed by atoms with E-state index in [1.807, 2.05) is 29.9 Å². The Labute approximate surface area is 209 Å². The molecule has 1 fully saturated rings. The van der Waals surface area contributed by atoms with E-state index in [1.165, 1.54) is 10.6 Å². The van der Waals surface area contributed by atoms with Gasteiger partial charge in [0.15, 0.2) is 0 Å². The summed E-state index contributed by atoms with van der Waals surface area (Å²) < 4.78 is 48.8. The number of halogens is 3. The first-order valence-electron chi connectivity index (χ1n) is 11.8. The first-order valence-corrected chi connectivity index (χ1v) is 11.8. The van der Waals surface area contributed by atoms with Crippen LogP contribution in [0.4, 0.5) is 18.9 Å². The normalized spacial score (nSPS) is 16.9. The maximum Gasteiger partial charge on any atom is 0.416 e. The van der Waals surface area contributed by atoms with Gasteiger partial charge in [0.2, 0.25) is 0 Å². The summed E-state index contributed by atoms with van der Waals surface area (Å²) in [5.74, 6) is -1.11. The molecule has 2 aliphatic heterocycles. The molecule has 1 saturated heterocycles. The fourth-order valence-corrected chi connectivity index (χ4v) is 5.32. The van der Waals surface area contributed by atoms with Crippen LogP contribution in [0.25, 0.3) is 33.0 Å². The van der Waals surface area contributed by atoms with E-state index in [9.17, 15) is 22.8 Å². The minimum atomic E-state index is -4.49. The van der Waals surface area contributed by atoms with Crippen molar-refractivity contribution in [2.45, 2.75) is 6.18 Å². The predicted octanol–water partition coefficient (Wildman–Crippen LogP) is 4.09. The molecule has 0 saturated carbocycles. The SMILES string of the molecule is Cn1cc(C2=C(c3cn(C)c4cc(C(F)(F)F)ccc34)C(=O)NC2=O)c2ccc(N3CCOCC3)cc21. The summed E-state index contributed by atoms with van der Waals surface area (Å²) in [4.78, 5) is 28.4. The monoisotopic (exact) mass is 508 g/mol. The molecule has 2 aromatic heterocycles. The molecule has 7 nitrogen and oxygen atoms in total. The molecule has 0 radical (unpaired) electrons. The fraction of sp³-hybridized carbons (Fsp3) is 0.259. The number of carbonyl (C=O) groups is 2. The minimum Gasteiger partial charge on any atom is -0.378 e. The van der Waals surface area contributed by atoms with Gasteiger partial charge < -0.3 is 18.8 Å². The maximum absolute atomic E-state index is 13.3. The molecule has 2 aromatic carbocycles. The number of anilines is 1. The number of aryl methyl sites for hydroxylation is 2. The second-order valence-electron chi connectivity index (χ2n) is 9.37. The van der Waals surface area contributed by atoms with Crippen molar-refractivity contribution in [3.8, 4) is 0 Å². The number of ether oxygens (including phenoxy) is 1. The number of amides is 2. The average molecular weight is 509 g/mol. The third-order valence-corrected chi connectivity index (χ3v) is 7.14. The molecule has 190 valence electrons. The van der Waals surface area contributed by atoms with Crippen molar-refractivity contribution in [1.29, 1.82) is 0 Å². The molecule has 1 N–H and O–H groups in total. The molecular formula is C27H23F3N4O3. The number of carbonyl (C=O) groups excluding carboxylic acids is 2. The number of aromatic nitrogens is 2. The zero-order valence-electron chi connectivity index (χ0n) is 20.1. The van der Waals surface area contributed by atoms with Crippen molar-refractivity contribution in [2.24, 2.45) is 14.1 Å². The van der Waals surface area contributed by atoms with Crippen molar-refractivity contribution in [3.63, 3.8) is 0 Å². The minimum absolute atomic E-state index is 0.153. The molecule has 0 unspecified atom stereocenters. The first-order chi connectivity index (χ1) is 17.6. The molecule has 10 heteroatoms. The van der Waals surface area contributed by atoms with Crippen molar-refractivity contribution in [1.82, 2.24) is 14.5 Å². The third-order valence-electron chi connectivity index (χ3n) is 7.14. The number of rotatable bonds is 3. The molecule has 2 aliphatic rings. The Hall–Kier alpha value is -4.05. The number of benzene rings is 2. The van der Waals surface area contributed by atoms with Crippen LogP contribution < -0.4 is 10.2 Å². The van der Waals surface area contributed by atoms with Gasteiger partial charge in [-0.2, -0.15) is 13.2 Å². The predicted molar refractivity (Wildman–Crippen MR) is 134 cm³/mol. The molecule has 0 atom stereocenters. The van der Waals surface area contributed by atoms with E-state index in [-0.39, 0.29) is 11.1 Å². The van der Waals surface area contributed by atoms with Gasteiger partial charge in [0.1, 0.15) is 0 Å². The lowest BCUT2D eigenvalue weighted by molar-refractivity contribution is -0.137. The summed E-state index contributed by atoms with van der Waals surface area (Å²) >= 11 is 0. The van der Waals surface area contributed by atoms with Gasteiger partial charge in [-0.1, -0.05) is 12.1 Å². The lowest BCUT2D eigenvalue weighted by Crippen LogP contribution is -2.36. The van der Waals surface area contributed by atoms with Gasteiger partial charge in [-0.25, -0.2) is 0 Å². The molecule has 0 aliphatic carbocycles. The van der Waals surface area contributed by atoms with Crippen LogP contribution in [0.3, 0.4) is 0 Å². The Morgan fingerprint density at radius 2 is 1.35 bits per heavy atom. The van der Waals surface area contributed by atoms with E-state index in [1.54, 1.807) is 13.2 Å². The van der Waals surface area contributed by atoms with E-state index < -0.39 is 23.6 Å². The van der Waals surface area contributed by atoms with Crippen LogP contribution in [0.1, 0.15) is 16.7 Å². The molecule has 37 heavy (non-hydrogen) atoms. The Kier molecular flexibility index (Phi) is 5.20. The molecule has 0 spiro atoms. The quantitative estimate of drug-likeness (QED) is 0.424. The molecule has 4 aromatic rings. The van der Waals surface area contributed by atoms with Crippen molar-refractivity contribution >= 4 is 50.5 Å². The van der Waals surface area contributed by atoms with E-state index >= 15 is 0 Å². The molecule has 6 rings (SSSR count). The summed E-state index contributed by atoms with van der Waals surface area (Å²) in [6, 6.07) is 9.38. The molecule has 0 bridgehead atoms. The number of fused-ring (bicyclic) bond motifs is 2. The van der Waals surface area contributed by atoms with Crippen LogP contribution in [0, 0.1) is 0 Å². The molecular weight excluding hydrogens is 485 g/mol. The Morgan fingerprint density at radius 1 is 0.811 bits per heavy atom. The highest BCUT2D eigenvalue weighted by Crippen LogP contribution is 2.40. The van der Waals surface area contributed by atoms with Gasteiger partial charge in [-0.05, 0) is 24.3 Å². The van der Waals surface area contributed by atoms with Gasteiger partial charge in [0.25, 0.3) is 11.8 Å². The second-order valence-corrected chi connectivity index (χ2v) is 9.37. The number of nitrogens with zero attached hydrogens (tertiary/aromatic N) is 3. The topological polar surface area (TPSA) is 68.5 Å². The summed E-state index contributed by atoms with van der Waals surface area (Å²) in [5.41, 5.74) is 2.84. The van der Waals surface area contributed by atoms with E-state index in [0.29, 0.717) is 35.2 Å². The summed E-state index contributed by atoms with van der Waals surface area (Å²) in [6.45, 7) is 2.88. The van der Waals surface area contributed by atoms with Crippen LogP contribution in [0.2, 0.25) is 0 Å². The van der Waals surface area contributed by atoms with Gasteiger partial charge >= 0.3 is 6.18 Å². The zero-order chi connectivity index (χ0) is 26.1. The second kappa shape index (κ2) is 8.24. The molecule has 2 amide bonds. The lowest BCUT2D eigenvalue weighted by Gasteiger charge is -2.29. The number of morpholine rings is 1. The zero-order valence-corrected chi connectivity index (χ0v) is 20.1. The summed E-state index contributed by atoms with van der Waals surface area (Å²) in [5, 5.41) is 3.65. The average Bonchev–Trinajstić information content (AvgIpc) is 3.48. The number of hydrogen-bond donors (Lipinski definition) is 1. The van der Waals surface area contributed by atoms with Gasteiger partial charge in [0.05, 0.1) is 35.4 Å². The Morgan fingerprint density at radius 3 is 1.92 bits per heavy atom. The highest BCUT2D eigenvalue weighted by atomic mass is 19.4.